The van der Waals surface area contributed by atoms with Crippen molar-refractivity contribution in [3.05, 3.63) is 23.3 Å². The Balaban J connectivity index is 2.38. The predicted molar refractivity (Wildman–Crippen MR) is 50.2 cm³/mol. The smallest absolute Gasteiger partial charge is 0.160 e. The number of rotatable bonds is 2. The minimum atomic E-state index is 0.208. The molecule has 0 spiro atoms. The number of hydrogen-bond donors (Lipinski definition) is 2. The third-order valence-corrected chi connectivity index (χ3v) is 2.63. The van der Waals surface area contributed by atoms with Crippen molar-refractivity contribution >= 4 is 0 Å². The molecule has 0 saturated heterocycles. The number of hydrogen-bond acceptors (Lipinski definition) is 3. The molecule has 1 aromatic rings. The number of phenolic OH excluding ortho intramolecular Hbond substituents is 1. The van der Waals surface area contributed by atoms with Gasteiger partial charge < -0.3 is 15.6 Å². The summed E-state index contributed by atoms with van der Waals surface area (Å²) < 4.78 is 5.00. The fraction of sp³-hybridized carbons (Fsp3) is 0.400. The lowest BCUT2D eigenvalue weighted by Crippen LogP contribution is -2.24. The zero-order chi connectivity index (χ0) is 9.42. The van der Waals surface area contributed by atoms with Crippen LogP contribution in [0.1, 0.15) is 17.0 Å². The molecule has 0 saturated carbocycles. The van der Waals surface area contributed by atoms with E-state index in [1.165, 1.54) is 11.1 Å². The lowest BCUT2D eigenvalue weighted by Gasteiger charge is -2.29. The van der Waals surface area contributed by atoms with E-state index < -0.39 is 0 Å². The highest BCUT2D eigenvalue weighted by Gasteiger charge is 2.26. The second-order valence-corrected chi connectivity index (χ2v) is 3.36. The van der Waals surface area contributed by atoms with Crippen LogP contribution in [0, 0.1) is 0 Å². The maximum Gasteiger partial charge on any atom is 0.160 e. The first-order chi connectivity index (χ1) is 6.26. The van der Waals surface area contributed by atoms with Gasteiger partial charge in [-0.3, -0.25) is 0 Å². The molecule has 3 N–H and O–H groups in total. The number of nitrogens with two attached hydrogens (primary N) is 1. The summed E-state index contributed by atoms with van der Waals surface area (Å²) in [7, 11) is 1.56. The Kier molecular flexibility index (Phi) is 1.88. The summed E-state index contributed by atoms with van der Waals surface area (Å²) in [6, 6.07) is 3.64. The number of benzene rings is 1. The second kappa shape index (κ2) is 2.92. The minimum absolute atomic E-state index is 0.208. The number of methoxy groups -OCH3 is 1. The molecule has 0 unspecified atom stereocenters. The van der Waals surface area contributed by atoms with Crippen molar-refractivity contribution in [2.75, 3.05) is 13.7 Å². The molecular formula is C10H13NO2. The maximum atomic E-state index is 9.50. The first-order valence-corrected chi connectivity index (χ1v) is 4.36. The van der Waals surface area contributed by atoms with Gasteiger partial charge in [-0.2, -0.15) is 0 Å². The highest BCUT2D eigenvalue weighted by molar-refractivity contribution is 5.52. The first kappa shape index (κ1) is 8.38. The van der Waals surface area contributed by atoms with E-state index >= 15 is 0 Å². The molecule has 0 amide bonds. The number of aromatic hydroxyl groups is 1. The van der Waals surface area contributed by atoms with Crippen LogP contribution in [-0.2, 0) is 6.42 Å². The molecule has 0 fully saturated rings. The Hall–Kier alpha value is -1.22. The van der Waals surface area contributed by atoms with Crippen LogP contribution >= 0.6 is 0 Å². The molecule has 1 atom stereocenters. The average molecular weight is 179 g/mol. The molecule has 1 aliphatic rings. The van der Waals surface area contributed by atoms with E-state index in [0.717, 1.165) is 6.42 Å². The molecule has 3 nitrogen and oxygen atoms in total. The van der Waals surface area contributed by atoms with Gasteiger partial charge in [0.25, 0.3) is 0 Å². The molecule has 3 heteroatoms. The van der Waals surface area contributed by atoms with E-state index in [0.29, 0.717) is 18.2 Å². The van der Waals surface area contributed by atoms with Gasteiger partial charge in [0.15, 0.2) is 11.5 Å². The summed E-state index contributed by atoms with van der Waals surface area (Å²) in [5, 5.41) is 9.50. The van der Waals surface area contributed by atoms with Gasteiger partial charge in [-0.25, -0.2) is 0 Å². The van der Waals surface area contributed by atoms with Gasteiger partial charge in [-0.15, -0.1) is 0 Å². The minimum Gasteiger partial charge on any atom is -0.504 e. The van der Waals surface area contributed by atoms with Crippen LogP contribution in [0.4, 0.5) is 0 Å². The van der Waals surface area contributed by atoms with Crippen LogP contribution in [0.2, 0.25) is 0 Å². The van der Waals surface area contributed by atoms with Gasteiger partial charge in [-0.1, -0.05) is 0 Å². The Morgan fingerprint density at radius 3 is 3.00 bits per heavy atom. The summed E-state index contributed by atoms with van der Waals surface area (Å²) in [6.45, 7) is 0.652. The number of fused-ring (bicyclic) bond motifs is 1. The van der Waals surface area contributed by atoms with E-state index in [9.17, 15) is 5.11 Å². The Morgan fingerprint density at radius 2 is 2.38 bits per heavy atom. The van der Waals surface area contributed by atoms with E-state index in [1.54, 1.807) is 13.2 Å². The van der Waals surface area contributed by atoms with Crippen LogP contribution in [0.15, 0.2) is 12.1 Å². The summed E-state index contributed by atoms with van der Waals surface area (Å²) in [4.78, 5) is 0. The standard InChI is InChI=1S/C10H13NO2/c1-13-10-3-6-2-7(5-11)8(6)4-9(10)12/h3-4,7,12H,2,5,11H2,1H3/t7-/m1/s1. The molecule has 0 heterocycles. The Labute approximate surface area is 77.1 Å². The van der Waals surface area contributed by atoms with Crippen LogP contribution in [0.3, 0.4) is 0 Å². The molecule has 1 aliphatic carbocycles. The van der Waals surface area contributed by atoms with Crippen LogP contribution in [0.5, 0.6) is 11.5 Å². The summed E-state index contributed by atoms with van der Waals surface area (Å²) in [6.07, 6.45) is 1.00. The molecule has 1 aromatic carbocycles. The van der Waals surface area contributed by atoms with Gasteiger partial charge in [0, 0.05) is 5.92 Å². The van der Waals surface area contributed by atoms with Gasteiger partial charge in [-0.05, 0) is 36.2 Å². The van der Waals surface area contributed by atoms with E-state index in [1.807, 2.05) is 6.07 Å². The zero-order valence-corrected chi connectivity index (χ0v) is 7.58. The van der Waals surface area contributed by atoms with Crippen molar-refractivity contribution in [1.29, 1.82) is 0 Å². The second-order valence-electron chi connectivity index (χ2n) is 3.36. The first-order valence-electron chi connectivity index (χ1n) is 4.36. The lowest BCUT2D eigenvalue weighted by atomic mass is 9.77. The highest BCUT2D eigenvalue weighted by Crippen LogP contribution is 2.41. The largest absolute Gasteiger partial charge is 0.504 e. The SMILES string of the molecule is COc1cc2c(cc1O)[C@@H](CN)C2. The monoisotopic (exact) mass is 179 g/mol. The Bertz CT molecular complexity index is 336. The quantitative estimate of drug-likeness (QED) is 0.712. The average Bonchev–Trinajstić information content (AvgIpc) is 2.12. The number of phenols is 1. The molecule has 70 valence electrons. The van der Waals surface area contributed by atoms with Crippen LogP contribution in [0.25, 0.3) is 0 Å². The van der Waals surface area contributed by atoms with E-state index in [4.69, 9.17) is 10.5 Å². The van der Waals surface area contributed by atoms with Gasteiger partial charge in [0.2, 0.25) is 0 Å². The molecular weight excluding hydrogens is 166 g/mol. The maximum absolute atomic E-state index is 9.50. The van der Waals surface area contributed by atoms with Crippen LogP contribution in [-0.4, -0.2) is 18.8 Å². The van der Waals surface area contributed by atoms with Crippen molar-refractivity contribution in [2.24, 2.45) is 5.73 Å². The third-order valence-electron chi connectivity index (χ3n) is 2.63. The molecule has 0 bridgehead atoms. The normalized spacial score (nSPS) is 19.1. The van der Waals surface area contributed by atoms with Crippen molar-refractivity contribution in [3.8, 4) is 11.5 Å². The van der Waals surface area contributed by atoms with Crippen molar-refractivity contribution < 1.29 is 9.84 Å². The fourth-order valence-electron chi connectivity index (χ4n) is 1.80. The topological polar surface area (TPSA) is 55.5 Å². The van der Waals surface area contributed by atoms with Gasteiger partial charge in [0.05, 0.1) is 7.11 Å². The fourth-order valence-corrected chi connectivity index (χ4v) is 1.80. The molecule has 0 radical (unpaired) electrons. The molecule has 0 aromatic heterocycles. The molecule has 13 heavy (non-hydrogen) atoms. The van der Waals surface area contributed by atoms with E-state index in [2.05, 4.69) is 0 Å². The lowest BCUT2D eigenvalue weighted by molar-refractivity contribution is 0.370. The predicted octanol–water partition coefficient (Wildman–Crippen LogP) is 0.999. The molecule has 2 rings (SSSR count). The van der Waals surface area contributed by atoms with Gasteiger partial charge >= 0.3 is 0 Å². The van der Waals surface area contributed by atoms with E-state index in [-0.39, 0.29) is 5.75 Å². The van der Waals surface area contributed by atoms with Crippen molar-refractivity contribution in [1.82, 2.24) is 0 Å². The molecule has 0 aliphatic heterocycles. The van der Waals surface area contributed by atoms with Gasteiger partial charge in [0.1, 0.15) is 0 Å². The zero-order valence-electron chi connectivity index (χ0n) is 7.58. The highest BCUT2D eigenvalue weighted by atomic mass is 16.5. The third kappa shape index (κ3) is 1.16. The van der Waals surface area contributed by atoms with Crippen LogP contribution < -0.4 is 10.5 Å². The van der Waals surface area contributed by atoms with Crippen molar-refractivity contribution in [2.45, 2.75) is 12.3 Å². The summed E-state index contributed by atoms with van der Waals surface area (Å²) >= 11 is 0. The number of ether oxygens (including phenoxy) is 1. The summed E-state index contributed by atoms with van der Waals surface area (Å²) in [5.74, 6) is 1.18. The summed E-state index contributed by atoms with van der Waals surface area (Å²) in [5.41, 5.74) is 7.96. The van der Waals surface area contributed by atoms with Crippen molar-refractivity contribution in [3.63, 3.8) is 0 Å². The Morgan fingerprint density at radius 1 is 1.62 bits per heavy atom.